The zero-order chi connectivity index (χ0) is 26.7. The van der Waals surface area contributed by atoms with Gasteiger partial charge in [-0.1, -0.05) is 6.07 Å². The summed E-state index contributed by atoms with van der Waals surface area (Å²) in [5, 5.41) is 14.5. The van der Waals surface area contributed by atoms with Crippen molar-refractivity contribution >= 4 is 16.0 Å². The van der Waals surface area contributed by atoms with E-state index in [4.69, 9.17) is 14.2 Å². The van der Waals surface area contributed by atoms with Gasteiger partial charge in [0.05, 0.1) is 31.8 Å². The van der Waals surface area contributed by atoms with Gasteiger partial charge in [0, 0.05) is 19.0 Å². The molecule has 2 unspecified atom stereocenters. The fourth-order valence-corrected chi connectivity index (χ4v) is 4.95. The van der Waals surface area contributed by atoms with Crippen molar-refractivity contribution in [3.8, 4) is 28.7 Å². The van der Waals surface area contributed by atoms with E-state index in [1.807, 2.05) is 6.92 Å². The normalized spacial score (nSPS) is 13.2. The SMILES string of the molecule is COc1cccc(OC)c1-n1c(NS(=O)(=O)C(C)C(OC)c2cnc(C)cn2)nnc1-c1cc(C)[nH]n1. The number of sulfonamides is 1. The molecule has 0 spiro atoms. The molecule has 13 nitrogen and oxygen atoms in total. The highest BCUT2D eigenvalue weighted by Crippen LogP contribution is 2.38. The third-order valence-electron chi connectivity index (χ3n) is 5.72. The second kappa shape index (κ2) is 10.5. The molecule has 3 heterocycles. The van der Waals surface area contributed by atoms with Crippen LogP contribution in [-0.4, -0.2) is 69.9 Å². The van der Waals surface area contributed by atoms with Crippen molar-refractivity contribution in [3.05, 3.63) is 53.7 Å². The van der Waals surface area contributed by atoms with Crippen molar-refractivity contribution in [2.45, 2.75) is 32.1 Å². The number of hydrogen-bond donors (Lipinski definition) is 2. The van der Waals surface area contributed by atoms with Crippen molar-refractivity contribution < 1.29 is 22.6 Å². The molecule has 0 radical (unpaired) electrons. The second-order valence-corrected chi connectivity index (χ2v) is 10.3. The summed E-state index contributed by atoms with van der Waals surface area (Å²) in [7, 11) is 0.320. The lowest BCUT2D eigenvalue weighted by Crippen LogP contribution is -2.33. The summed E-state index contributed by atoms with van der Waals surface area (Å²) in [4.78, 5) is 8.50. The number of aromatic amines is 1. The highest BCUT2D eigenvalue weighted by atomic mass is 32.2. The summed E-state index contributed by atoms with van der Waals surface area (Å²) >= 11 is 0. The van der Waals surface area contributed by atoms with Crippen LogP contribution in [0.1, 0.15) is 30.1 Å². The van der Waals surface area contributed by atoms with Gasteiger partial charge in [-0.2, -0.15) is 5.10 Å². The summed E-state index contributed by atoms with van der Waals surface area (Å²) in [6, 6.07) is 6.95. The minimum Gasteiger partial charge on any atom is -0.494 e. The van der Waals surface area contributed by atoms with E-state index in [1.165, 1.54) is 39.0 Å². The molecule has 37 heavy (non-hydrogen) atoms. The van der Waals surface area contributed by atoms with Gasteiger partial charge in [-0.05, 0) is 39.0 Å². The first-order valence-electron chi connectivity index (χ1n) is 11.2. The molecule has 14 heteroatoms. The zero-order valence-corrected chi connectivity index (χ0v) is 22.1. The van der Waals surface area contributed by atoms with Crippen molar-refractivity contribution in [1.82, 2.24) is 34.9 Å². The third-order valence-corrected chi connectivity index (χ3v) is 7.41. The summed E-state index contributed by atoms with van der Waals surface area (Å²) in [5.74, 6) is 0.997. The maximum Gasteiger partial charge on any atom is 0.243 e. The topological polar surface area (TPSA) is 159 Å². The van der Waals surface area contributed by atoms with Gasteiger partial charge in [0.15, 0.2) is 5.82 Å². The van der Waals surface area contributed by atoms with E-state index < -0.39 is 21.4 Å². The summed E-state index contributed by atoms with van der Waals surface area (Å²) in [6.45, 7) is 5.14. The first-order chi connectivity index (χ1) is 17.7. The van der Waals surface area contributed by atoms with Crippen LogP contribution >= 0.6 is 0 Å². The maximum absolute atomic E-state index is 13.6. The Bertz CT molecular complexity index is 1460. The molecule has 0 bridgehead atoms. The van der Waals surface area contributed by atoms with E-state index in [0.29, 0.717) is 34.3 Å². The molecule has 0 amide bonds. The molecule has 196 valence electrons. The Morgan fingerprint density at radius 1 is 1.03 bits per heavy atom. The standard InChI is InChI=1S/C23H28N8O5S/c1-13-10-16(27-26-13)22-28-29-23(31(22)20-18(34-4)8-7-9-19(20)35-5)30-37(32,33)15(3)21(36-6)17-12-24-14(2)11-25-17/h7-12,15,21H,1-6H3,(H,26,27)(H,29,30). The molecule has 0 aliphatic carbocycles. The highest BCUT2D eigenvalue weighted by molar-refractivity contribution is 7.93. The van der Waals surface area contributed by atoms with Crippen LogP contribution in [0.3, 0.4) is 0 Å². The lowest BCUT2D eigenvalue weighted by molar-refractivity contribution is 0.0985. The minimum atomic E-state index is -4.09. The first kappa shape index (κ1) is 26.0. The Labute approximate surface area is 214 Å². The van der Waals surface area contributed by atoms with Crippen molar-refractivity contribution in [2.24, 2.45) is 0 Å². The summed E-state index contributed by atoms with van der Waals surface area (Å²) < 4.78 is 47.9. The average molecular weight is 529 g/mol. The molecular weight excluding hydrogens is 500 g/mol. The van der Waals surface area contributed by atoms with Crippen molar-refractivity contribution in [2.75, 3.05) is 26.1 Å². The van der Waals surface area contributed by atoms with Crippen molar-refractivity contribution in [1.29, 1.82) is 0 Å². The van der Waals surface area contributed by atoms with Crippen LogP contribution in [0.2, 0.25) is 0 Å². The van der Waals surface area contributed by atoms with Gasteiger partial charge in [0.2, 0.25) is 16.0 Å². The van der Waals surface area contributed by atoms with Gasteiger partial charge in [0.25, 0.3) is 0 Å². The fraction of sp³-hybridized carbons (Fsp3) is 0.348. The Balaban J connectivity index is 1.82. The van der Waals surface area contributed by atoms with Gasteiger partial charge in [-0.25, -0.2) is 8.42 Å². The van der Waals surface area contributed by atoms with Crippen LogP contribution in [0.5, 0.6) is 11.5 Å². The number of methoxy groups -OCH3 is 3. The molecule has 2 N–H and O–H groups in total. The molecule has 0 fully saturated rings. The molecule has 0 saturated heterocycles. The predicted molar refractivity (Wildman–Crippen MR) is 135 cm³/mol. The number of aryl methyl sites for hydroxylation is 2. The molecule has 0 aliphatic rings. The minimum absolute atomic E-state index is 0.0878. The average Bonchev–Trinajstić information content (AvgIpc) is 3.50. The summed E-state index contributed by atoms with van der Waals surface area (Å²) in [5.41, 5.74) is 2.71. The Morgan fingerprint density at radius 3 is 2.27 bits per heavy atom. The van der Waals surface area contributed by atoms with Crippen molar-refractivity contribution in [3.63, 3.8) is 0 Å². The van der Waals surface area contributed by atoms with E-state index in [-0.39, 0.29) is 11.8 Å². The number of nitrogens with one attached hydrogen (secondary N) is 2. The summed E-state index contributed by atoms with van der Waals surface area (Å²) in [6.07, 6.45) is 2.16. The fourth-order valence-electron chi connectivity index (χ4n) is 3.80. The van der Waals surface area contributed by atoms with Crippen LogP contribution < -0.4 is 14.2 Å². The predicted octanol–water partition coefficient (Wildman–Crippen LogP) is 2.60. The lowest BCUT2D eigenvalue weighted by atomic mass is 10.2. The molecular formula is C23H28N8O5S. The van der Waals surface area contributed by atoms with Gasteiger partial charge in [-0.15, -0.1) is 10.2 Å². The molecule has 2 atom stereocenters. The molecule has 0 saturated carbocycles. The Morgan fingerprint density at radius 2 is 1.73 bits per heavy atom. The third kappa shape index (κ3) is 5.11. The van der Waals surface area contributed by atoms with Gasteiger partial charge >= 0.3 is 0 Å². The van der Waals surface area contributed by atoms with Gasteiger partial charge in [0.1, 0.15) is 34.2 Å². The van der Waals surface area contributed by atoms with E-state index in [0.717, 1.165) is 5.69 Å². The second-order valence-electron chi connectivity index (χ2n) is 8.22. The number of ether oxygens (including phenoxy) is 3. The van der Waals surface area contributed by atoms with E-state index in [9.17, 15) is 8.42 Å². The number of aromatic nitrogens is 7. The number of anilines is 1. The maximum atomic E-state index is 13.6. The zero-order valence-electron chi connectivity index (χ0n) is 21.3. The molecule has 4 rings (SSSR count). The van der Waals surface area contributed by atoms with Crippen LogP contribution in [0, 0.1) is 13.8 Å². The van der Waals surface area contributed by atoms with Gasteiger partial charge < -0.3 is 14.2 Å². The number of para-hydroxylation sites is 1. The number of hydrogen-bond acceptors (Lipinski definition) is 10. The van der Waals surface area contributed by atoms with Crippen LogP contribution in [0.4, 0.5) is 5.95 Å². The van der Waals surface area contributed by atoms with E-state index in [2.05, 4.69) is 35.1 Å². The quantitative estimate of drug-likeness (QED) is 0.313. The number of rotatable bonds is 10. The number of nitrogens with zero attached hydrogens (tertiary/aromatic N) is 6. The van der Waals surface area contributed by atoms with Crippen LogP contribution in [-0.2, 0) is 14.8 Å². The monoisotopic (exact) mass is 528 g/mol. The largest absolute Gasteiger partial charge is 0.494 e. The van der Waals surface area contributed by atoms with Crippen LogP contribution in [0.25, 0.3) is 17.2 Å². The van der Waals surface area contributed by atoms with E-state index in [1.54, 1.807) is 37.4 Å². The number of H-pyrrole nitrogens is 1. The molecule has 3 aromatic heterocycles. The van der Waals surface area contributed by atoms with Crippen LogP contribution in [0.15, 0.2) is 36.7 Å². The Kier molecular flexibility index (Phi) is 7.40. The molecule has 0 aliphatic heterocycles. The van der Waals surface area contributed by atoms with Gasteiger partial charge in [-0.3, -0.25) is 24.4 Å². The first-order valence-corrected chi connectivity index (χ1v) is 12.8. The number of benzene rings is 1. The molecule has 4 aromatic rings. The molecule has 1 aromatic carbocycles. The Hall–Kier alpha value is -4.04. The highest BCUT2D eigenvalue weighted by Gasteiger charge is 2.34. The lowest BCUT2D eigenvalue weighted by Gasteiger charge is -2.23. The van der Waals surface area contributed by atoms with E-state index >= 15 is 0 Å². The smallest absolute Gasteiger partial charge is 0.243 e.